The Morgan fingerprint density at radius 2 is 1.65 bits per heavy atom. The largest absolute Gasteiger partial charge is 0.452 e. The van der Waals surface area contributed by atoms with E-state index < -0.39 is 11.8 Å². The lowest BCUT2D eigenvalue weighted by atomic mass is 10.0. The summed E-state index contributed by atoms with van der Waals surface area (Å²) in [4.78, 5) is 28.9. The number of unbranched alkanes of at least 4 members (excludes halogenated alkanes) is 5. The molecule has 0 saturated heterocycles. The Morgan fingerprint density at radius 1 is 0.919 bits per heavy atom. The van der Waals surface area contributed by atoms with Gasteiger partial charge in [0.25, 0.3) is 0 Å². The molecule has 37 heavy (non-hydrogen) atoms. The van der Waals surface area contributed by atoms with Gasteiger partial charge in [-0.05, 0) is 53.6 Å². The molecule has 1 aromatic heterocycles. The summed E-state index contributed by atoms with van der Waals surface area (Å²) in [5, 5.41) is 1.98. The molecule has 2 heterocycles. The van der Waals surface area contributed by atoms with Gasteiger partial charge in [-0.3, -0.25) is 4.79 Å². The summed E-state index contributed by atoms with van der Waals surface area (Å²) >= 11 is 1.57. The standard InChI is InChI=1S/C31H37NO4S/c1-4-5-6-7-8-9-11-23-13-15-24(16-14-23)22-32(29(33)21-26-12-10-19-37-26)25-17-18-28-27(20-25)30(34)36-31(2,3)35-28/h10,12-20H,4-9,11,21-22H2,1-3H3. The number of hydrogen-bond donors (Lipinski definition) is 0. The van der Waals surface area contributed by atoms with Crippen LogP contribution in [0.5, 0.6) is 5.75 Å². The van der Waals surface area contributed by atoms with E-state index in [1.54, 1.807) is 42.2 Å². The molecule has 0 N–H and O–H groups in total. The Labute approximate surface area is 224 Å². The number of cyclic esters (lactones) is 1. The number of fused-ring (bicyclic) bond motifs is 1. The number of thiophene rings is 1. The van der Waals surface area contributed by atoms with Crippen molar-refractivity contribution in [2.75, 3.05) is 4.90 Å². The maximum atomic E-state index is 13.5. The number of carbonyl (C=O) groups excluding carboxylic acids is 2. The molecule has 6 heteroatoms. The first kappa shape index (κ1) is 26.9. The van der Waals surface area contributed by atoms with Gasteiger partial charge in [0.2, 0.25) is 11.7 Å². The first-order chi connectivity index (χ1) is 17.8. The second kappa shape index (κ2) is 12.4. The summed E-state index contributed by atoms with van der Waals surface area (Å²) < 4.78 is 11.2. The second-order valence-corrected chi connectivity index (χ2v) is 11.2. The van der Waals surface area contributed by atoms with Crippen molar-refractivity contribution in [1.82, 2.24) is 0 Å². The maximum Gasteiger partial charge on any atom is 0.345 e. The van der Waals surface area contributed by atoms with Gasteiger partial charge in [-0.2, -0.15) is 0 Å². The van der Waals surface area contributed by atoms with E-state index in [4.69, 9.17) is 9.47 Å². The Bertz CT molecular complexity index is 1180. The van der Waals surface area contributed by atoms with E-state index in [0.717, 1.165) is 16.9 Å². The fourth-order valence-corrected chi connectivity index (χ4v) is 5.28. The number of nitrogens with zero attached hydrogens (tertiary/aromatic N) is 1. The molecule has 0 bridgehead atoms. The lowest BCUT2D eigenvalue weighted by Crippen LogP contribution is -2.39. The van der Waals surface area contributed by atoms with Crippen molar-refractivity contribution in [2.24, 2.45) is 0 Å². The second-order valence-electron chi connectivity index (χ2n) is 10.1. The monoisotopic (exact) mass is 519 g/mol. The third-order valence-electron chi connectivity index (χ3n) is 6.58. The Balaban J connectivity index is 1.49. The molecule has 0 aliphatic carbocycles. The minimum Gasteiger partial charge on any atom is -0.452 e. The summed E-state index contributed by atoms with van der Waals surface area (Å²) in [5.74, 6) is -1.02. The van der Waals surface area contributed by atoms with Crippen molar-refractivity contribution in [3.8, 4) is 5.75 Å². The third kappa shape index (κ3) is 7.45. The molecule has 0 radical (unpaired) electrons. The Hall–Kier alpha value is -3.12. The van der Waals surface area contributed by atoms with Crippen LogP contribution >= 0.6 is 11.3 Å². The molecule has 3 aromatic rings. The number of amides is 1. The molecule has 0 atom stereocenters. The average Bonchev–Trinajstić information content (AvgIpc) is 3.38. The number of rotatable bonds is 12. The quantitative estimate of drug-likeness (QED) is 0.182. The van der Waals surface area contributed by atoms with Crippen LogP contribution in [-0.4, -0.2) is 17.7 Å². The van der Waals surface area contributed by atoms with Crippen molar-refractivity contribution in [3.63, 3.8) is 0 Å². The van der Waals surface area contributed by atoms with E-state index >= 15 is 0 Å². The van der Waals surface area contributed by atoms with Crippen LogP contribution in [0.3, 0.4) is 0 Å². The van der Waals surface area contributed by atoms with Crippen LogP contribution in [0.15, 0.2) is 60.0 Å². The lowest BCUT2D eigenvalue weighted by Gasteiger charge is -2.32. The SMILES string of the molecule is CCCCCCCCc1ccc(CN(C(=O)Cc2cccs2)c2ccc3c(c2)C(=O)OC(C)(C)O3)cc1. The van der Waals surface area contributed by atoms with E-state index in [9.17, 15) is 9.59 Å². The highest BCUT2D eigenvalue weighted by Crippen LogP contribution is 2.34. The van der Waals surface area contributed by atoms with Gasteiger partial charge in [-0.25, -0.2) is 4.79 Å². The number of benzene rings is 2. The van der Waals surface area contributed by atoms with Crippen LogP contribution in [0.2, 0.25) is 0 Å². The van der Waals surface area contributed by atoms with E-state index in [1.807, 2.05) is 23.6 Å². The zero-order chi connectivity index (χ0) is 26.3. The van der Waals surface area contributed by atoms with E-state index in [1.165, 1.54) is 44.1 Å². The van der Waals surface area contributed by atoms with Crippen molar-refractivity contribution in [2.45, 2.75) is 84.5 Å². The van der Waals surface area contributed by atoms with Gasteiger partial charge in [0.1, 0.15) is 11.3 Å². The van der Waals surface area contributed by atoms with Crippen LogP contribution in [0.4, 0.5) is 5.69 Å². The molecule has 0 unspecified atom stereocenters. The smallest absolute Gasteiger partial charge is 0.345 e. The minimum atomic E-state index is -1.02. The average molecular weight is 520 g/mol. The molecular formula is C31H37NO4S. The molecule has 0 fully saturated rings. The van der Waals surface area contributed by atoms with Crippen molar-refractivity contribution < 1.29 is 19.1 Å². The first-order valence-electron chi connectivity index (χ1n) is 13.3. The van der Waals surface area contributed by atoms with Gasteiger partial charge in [0.15, 0.2) is 0 Å². The van der Waals surface area contributed by atoms with E-state index in [2.05, 4.69) is 31.2 Å². The van der Waals surface area contributed by atoms with Gasteiger partial charge < -0.3 is 14.4 Å². The molecule has 5 nitrogen and oxygen atoms in total. The Morgan fingerprint density at radius 3 is 2.38 bits per heavy atom. The highest BCUT2D eigenvalue weighted by Gasteiger charge is 2.34. The number of ether oxygens (including phenoxy) is 2. The Kier molecular flexibility index (Phi) is 9.04. The van der Waals surface area contributed by atoms with Crippen molar-refractivity contribution in [1.29, 1.82) is 0 Å². The number of hydrogen-bond acceptors (Lipinski definition) is 5. The predicted molar refractivity (Wildman–Crippen MR) is 149 cm³/mol. The van der Waals surface area contributed by atoms with Crippen LogP contribution in [0.25, 0.3) is 0 Å². The number of esters is 1. The zero-order valence-corrected chi connectivity index (χ0v) is 22.9. The molecule has 1 aliphatic heterocycles. The fraction of sp³-hybridized carbons (Fsp3) is 0.419. The summed E-state index contributed by atoms with van der Waals surface area (Å²) in [6.45, 7) is 6.07. The first-order valence-corrected chi connectivity index (χ1v) is 14.2. The summed E-state index contributed by atoms with van der Waals surface area (Å²) in [5.41, 5.74) is 3.35. The van der Waals surface area contributed by atoms with Gasteiger partial charge in [0.05, 0.1) is 13.0 Å². The van der Waals surface area contributed by atoms with Crippen LogP contribution in [-0.2, 0) is 28.9 Å². The summed E-state index contributed by atoms with van der Waals surface area (Å²) in [6.07, 6.45) is 9.10. The summed E-state index contributed by atoms with van der Waals surface area (Å²) in [6, 6.07) is 17.8. The van der Waals surface area contributed by atoms with Gasteiger partial charge >= 0.3 is 5.97 Å². The fourth-order valence-electron chi connectivity index (χ4n) is 4.58. The molecule has 2 aromatic carbocycles. The topological polar surface area (TPSA) is 55.8 Å². The number of anilines is 1. The normalized spacial score (nSPS) is 14.0. The van der Waals surface area contributed by atoms with Crippen LogP contribution in [0.1, 0.15) is 85.7 Å². The van der Waals surface area contributed by atoms with Crippen molar-refractivity contribution in [3.05, 3.63) is 81.5 Å². The molecule has 4 rings (SSSR count). The number of aryl methyl sites for hydroxylation is 1. The predicted octanol–water partition coefficient (Wildman–Crippen LogP) is 7.71. The molecule has 1 aliphatic rings. The molecule has 0 saturated carbocycles. The number of carbonyl (C=O) groups is 2. The van der Waals surface area contributed by atoms with Crippen LogP contribution < -0.4 is 9.64 Å². The lowest BCUT2D eigenvalue weighted by molar-refractivity contribution is -0.127. The zero-order valence-electron chi connectivity index (χ0n) is 22.1. The highest BCUT2D eigenvalue weighted by atomic mass is 32.1. The third-order valence-corrected chi connectivity index (χ3v) is 7.45. The van der Waals surface area contributed by atoms with Crippen molar-refractivity contribution >= 4 is 28.9 Å². The van der Waals surface area contributed by atoms with Crippen LogP contribution in [0, 0.1) is 0 Å². The molecular weight excluding hydrogens is 482 g/mol. The van der Waals surface area contributed by atoms with E-state index in [0.29, 0.717) is 30.0 Å². The summed E-state index contributed by atoms with van der Waals surface area (Å²) in [7, 11) is 0. The minimum absolute atomic E-state index is 0.0241. The van der Waals surface area contributed by atoms with Gasteiger partial charge in [0, 0.05) is 24.4 Å². The molecule has 0 spiro atoms. The maximum absolute atomic E-state index is 13.5. The van der Waals surface area contributed by atoms with Gasteiger partial charge in [-0.1, -0.05) is 69.4 Å². The molecule has 1 amide bonds. The van der Waals surface area contributed by atoms with Gasteiger partial charge in [-0.15, -0.1) is 11.3 Å². The highest BCUT2D eigenvalue weighted by molar-refractivity contribution is 7.10. The van der Waals surface area contributed by atoms with E-state index in [-0.39, 0.29) is 5.91 Å². The molecule has 196 valence electrons.